The number of amides is 2. The van der Waals surface area contributed by atoms with Crippen LogP contribution in [0.2, 0.25) is 5.02 Å². The second-order valence-electron chi connectivity index (χ2n) is 5.61. The second kappa shape index (κ2) is 7.20. The first kappa shape index (κ1) is 17.6. The van der Waals surface area contributed by atoms with Gasteiger partial charge in [0.25, 0.3) is 11.8 Å². The van der Waals surface area contributed by atoms with Gasteiger partial charge in [0, 0.05) is 24.3 Å². The lowest BCUT2D eigenvalue weighted by Gasteiger charge is -2.14. The van der Waals surface area contributed by atoms with Crippen molar-refractivity contribution >= 4 is 29.1 Å². The number of hydrogen-bond donors (Lipinski definition) is 2. The summed E-state index contributed by atoms with van der Waals surface area (Å²) in [6.45, 7) is 3.69. The van der Waals surface area contributed by atoms with Crippen LogP contribution in [0.25, 0.3) is 0 Å². The average Bonchev–Trinajstić information content (AvgIpc) is 2.87. The largest absolute Gasteiger partial charge is 0.350 e. The van der Waals surface area contributed by atoms with Crippen LogP contribution >= 0.6 is 11.6 Å². The van der Waals surface area contributed by atoms with Crippen LogP contribution in [-0.4, -0.2) is 22.4 Å². The summed E-state index contributed by atoms with van der Waals surface area (Å²) < 4.78 is 1.55. The third-order valence-corrected chi connectivity index (χ3v) is 3.50. The highest BCUT2D eigenvalue weighted by atomic mass is 35.5. The molecule has 0 saturated carbocycles. The maximum atomic E-state index is 12.5. The van der Waals surface area contributed by atoms with Crippen LogP contribution in [0, 0.1) is 11.3 Å². The maximum Gasteiger partial charge on any atom is 0.272 e. The lowest BCUT2D eigenvalue weighted by atomic mass is 10.1. The first-order valence-corrected chi connectivity index (χ1v) is 7.68. The van der Waals surface area contributed by atoms with Crippen LogP contribution in [0.15, 0.2) is 30.5 Å². The molecule has 124 valence electrons. The Morgan fingerprint density at radius 3 is 2.54 bits per heavy atom. The van der Waals surface area contributed by atoms with Crippen molar-refractivity contribution < 1.29 is 9.59 Å². The number of aromatic nitrogens is 1. The van der Waals surface area contributed by atoms with Gasteiger partial charge in [0.05, 0.1) is 16.8 Å². The fourth-order valence-electron chi connectivity index (χ4n) is 2.20. The average molecular weight is 345 g/mol. The number of nitrogens with zero attached hydrogens (tertiary/aromatic N) is 2. The van der Waals surface area contributed by atoms with Gasteiger partial charge in [-0.2, -0.15) is 5.26 Å². The summed E-state index contributed by atoms with van der Waals surface area (Å²) in [5.74, 6) is -0.735. The second-order valence-corrected chi connectivity index (χ2v) is 6.05. The van der Waals surface area contributed by atoms with Gasteiger partial charge in [-0.3, -0.25) is 9.59 Å². The fourth-order valence-corrected chi connectivity index (χ4v) is 2.37. The van der Waals surface area contributed by atoms with Gasteiger partial charge in [0.2, 0.25) is 0 Å². The van der Waals surface area contributed by atoms with E-state index in [1.165, 1.54) is 12.1 Å². The Bertz CT molecular complexity index is 834. The molecule has 24 heavy (non-hydrogen) atoms. The summed E-state index contributed by atoms with van der Waals surface area (Å²) in [5, 5.41) is 14.8. The van der Waals surface area contributed by atoms with E-state index in [1.807, 2.05) is 19.9 Å². The van der Waals surface area contributed by atoms with Crippen LogP contribution in [0.4, 0.5) is 5.69 Å². The zero-order valence-electron chi connectivity index (χ0n) is 13.6. The van der Waals surface area contributed by atoms with E-state index in [2.05, 4.69) is 10.6 Å². The van der Waals surface area contributed by atoms with Crippen LogP contribution in [-0.2, 0) is 7.05 Å². The van der Waals surface area contributed by atoms with E-state index in [4.69, 9.17) is 16.9 Å². The van der Waals surface area contributed by atoms with E-state index in [1.54, 1.807) is 29.9 Å². The molecule has 1 aromatic heterocycles. The molecule has 0 aliphatic rings. The highest BCUT2D eigenvalue weighted by Crippen LogP contribution is 2.22. The molecule has 0 fully saturated rings. The first-order valence-electron chi connectivity index (χ1n) is 7.30. The van der Waals surface area contributed by atoms with Crippen LogP contribution in [0.1, 0.15) is 40.3 Å². The molecule has 1 aromatic carbocycles. The lowest BCUT2D eigenvalue weighted by molar-refractivity contribution is 0.0944. The summed E-state index contributed by atoms with van der Waals surface area (Å²) in [7, 11) is 1.67. The molecule has 2 aromatic rings. The highest BCUT2D eigenvalue weighted by molar-refractivity contribution is 6.31. The number of hydrogen-bond acceptors (Lipinski definition) is 3. The van der Waals surface area contributed by atoms with E-state index < -0.39 is 5.91 Å². The maximum absolute atomic E-state index is 12.5. The van der Waals surface area contributed by atoms with Gasteiger partial charge >= 0.3 is 0 Å². The molecule has 2 N–H and O–H groups in total. The van der Waals surface area contributed by atoms with Crippen LogP contribution < -0.4 is 10.6 Å². The molecule has 0 saturated heterocycles. The van der Waals surface area contributed by atoms with Crippen LogP contribution in [0.5, 0.6) is 0 Å². The normalized spacial score (nSPS) is 10.3. The minimum atomic E-state index is -0.431. The van der Waals surface area contributed by atoms with Gasteiger partial charge in [0.15, 0.2) is 0 Å². The van der Waals surface area contributed by atoms with Crippen molar-refractivity contribution in [2.24, 2.45) is 7.05 Å². The highest BCUT2D eigenvalue weighted by Gasteiger charge is 2.17. The van der Waals surface area contributed by atoms with E-state index in [0.717, 1.165) is 0 Å². The number of nitriles is 1. The van der Waals surface area contributed by atoms with E-state index in [-0.39, 0.29) is 11.9 Å². The summed E-state index contributed by atoms with van der Waals surface area (Å²) >= 11 is 5.98. The smallest absolute Gasteiger partial charge is 0.272 e. The number of anilines is 1. The molecular weight excluding hydrogens is 328 g/mol. The SMILES string of the molecule is CC(C)NC(=O)c1ccc(Cl)cc1NC(=O)c1cc(C#N)cn1C. The molecule has 0 aliphatic heterocycles. The van der Waals surface area contributed by atoms with Gasteiger partial charge in [-0.1, -0.05) is 11.6 Å². The number of rotatable bonds is 4. The monoisotopic (exact) mass is 344 g/mol. The Labute approximate surface area is 145 Å². The molecule has 0 atom stereocenters. The van der Waals surface area contributed by atoms with E-state index >= 15 is 0 Å². The summed E-state index contributed by atoms with van der Waals surface area (Å²) in [6.07, 6.45) is 1.55. The summed E-state index contributed by atoms with van der Waals surface area (Å²) in [6, 6.07) is 8.08. The fraction of sp³-hybridized carbons (Fsp3) is 0.235. The van der Waals surface area contributed by atoms with Crippen molar-refractivity contribution in [2.75, 3.05) is 5.32 Å². The third kappa shape index (κ3) is 3.94. The van der Waals surface area contributed by atoms with Crippen molar-refractivity contribution in [1.29, 1.82) is 5.26 Å². The standard InChI is InChI=1S/C17H17ClN4O2/c1-10(2)20-16(23)13-5-4-12(18)7-14(13)21-17(24)15-6-11(8-19)9-22(15)3/h4-7,9-10H,1-3H3,(H,20,23)(H,21,24). The number of carbonyl (C=O) groups excluding carboxylic acids is 2. The van der Waals surface area contributed by atoms with Gasteiger partial charge < -0.3 is 15.2 Å². The number of aryl methyl sites for hydroxylation is 1. The summed E-state index contributed by atoms with van der Waals surface area (Å²) in [4.78, 5) is 24.7. The van der Waals surface area contributed by atoms with Gasteiger partial charge in [-0.05, 0) is 38.1 Å². The Balaban J connectivity index is 2.33. The number of halogens is 1. The molecule has 6 nitrogen and oxygen atoms in total. The Kier molecular flexibility index (Phi) is 5.27. The van der Waals surface area contributed by atoms with Crippen molar-refractivity contribution in [3.8, 4) is 6.07 Å². The third-order valence-electron chi connectivity index (χ3n) is 3.26. The molecule has 0 bridgehead atoms. The van der Waals surface area contributed by atoms with Gasteiger partial charge in [-0.25, -0.2) is 0 Å². The van der Waals surface area contributed by atoms with Crippen molar-refractivity contribution in [3.05, 3.63) is 52.3 Å². The van der Waals surface area contributed by atoms with Gasteiger partial charge in [0.1, 0.15) is 11.8 Å². The molecule has 0 radical (unpaired) electrons. The van der Waals surface area contributed by atoms with Crippen LogP contribution in [0.3, 0.4) is 0 Å². The molecule has 2 amide bonds. The predicted octanol–water partition coefficient (Wildman–Crippen LogP) is 2.94. The van der Waals surface area contributed by atoms with Gasteiger partial charge in [-0.15, -0.1) is 0 Å². The molecule has 0 unspecified atom stereocenters. The van der Waals surface area contributed by atoms with Crippen molar-refractivity contribution in [1.82, 2.24) is 9.88 Å². The summed E-state index contributed by atoms with van der Waals surface area (Å²) in [5.41, 5.74) is 1.31. The molecule has 1 heterocycles. The molecule has 0 aliphatic carbocycles. The minimum absolute atomic E-state index is 0.0391. The molecule has 2 rings (SSSR count). The predicted molar refractivity (Wildman–Crippen MR) is 92.1 cm³/mol. The lowest BCUT2D eigenvalue weighted by Crippen LogP contribution is -2.31. The van der Waals surface area contributed by atoms with E-state index in [9.17, 15) is 9.59 Å². The minimum Gasteiger partial charge on any atom is -0.350 e. The quantitative estimate of drug-likeness (QED) is 0.893. The number of carbonyl (C=O) groups is 2. The zero-order valence-corrected chi connectivity index (χ0v) is 14.3. The van der Waals surface area contributed by atoms with Crippen molar-refractivity contribution in [2.45, 2.75) is 19.9 Å². The molecule has 7 heteroatoms. The first-order chi connectivity index (χ1) is 11.3. The Hall–Kier alpha value is -2.78. The zero-order chi connectivity index (χ0) is 17.9. The topological polar surface area (TPSA) is 86.9 Å². The van der Waals surface area contributed by atoms with E-state index in [0.29, 0.717) is 27.5 Å². The molecule has 0 spiro atoms. The Morgan fingerprint density at radius 1 is 1.25 bits per heavy atom. The van der Waals surface area contributed by atoms with Crippen molar-refractivity contribution in [3.63, 3.8) is 0 Å². The molecular formula is C17H17ClN4O2. The number of nitrogens with one attached hydrogen (secondary N) is 2. The number of benzene rings is 1. The Morgan fingerprint density at radius 2 is 1.96 bits per heavy atom.